The third-order valence-electron chi connectivity index (χ3n) is 5.71. The molecule has 0 fully saturated rings. The van der Waals surface area contributed by atoms with Crippen molar-refractivity contribution in [2.24, 2.45) is 4.99 Å². The van der Waals surface area contributed by atoms with Crippen LogP contribution in [0, 0.1) is 0 Å². The van der Waals surface area contributed by atoms with Gasteiger partial charge in [0, 0.05) is 0 Å². The van der Waals surface area contributed by atoms with E-state index in [4.69, 9.17) is 4.99 Å². The fourth-order valence-electron chi connectivity index (χ4n) is 4.01. The molecule has 1 aliphatic rings. The highest BCUT2D eigenvalue weighted by atomic mass is 31.1. The fraction of sp³-hybridized carbons (Fsp3) is 0.462. The maximum absolute atomic E-state index is 12.9. The summed E-state index contributed by atoms with van der Waals surface area (Å²) in [6, 6.07) is 12.9. The van der Waals surface area contributed by atoms with Crippen LogP contribution in [0.2, 0.25) is 0 Å². The number of anilines is 1. The zero-order valence-electron chi connectivity index (χ0n) is 19.5. The molecule has 0 unspecified atom stereocenters. The van der Waals surface area contributed by atoms with Crippen molar-refractivity contribution in [2.75, 3.05) is 4.90 Å². The predicted molar refractivity (Wildman–Crippen MR) is 131 cm³/mol. The van der Waals surface area contributed by atoms with E-state index < -0.39 is 0 Å². The van der Waals surface area contributed by atoms with Crippen LogP contribution in [0.15, 0.2) is 41.4 Å². The molecule has 0 radical (unpaired) electrons. The molecule has 1 aliphatic heterocycles. The van der Waals surface area contributed by atoms with E-state index in [0.29, 0.717) is 31.9 Å². The van der Waals surface area contributed by atoms with Gasteiger partial charge in [-0.2, -0.15) is 0 Å². The van der Waals surface area contributed by atoms with Crippen molar-refractivity contribution < 1.29 is 5.11 Å². The molecule has 3 rings (SSSR count). The number of benzene rings is 2. The Morgan fingerprint density at radius 1 is 0.700 bits per heavy atom. The standard InChI is InChI=1S/C26H35N2OP/c1-15(2)19-11-9-12-20(16(3)4)23(19)27-25-28(26(29)30-25)24-21(17(5)6)13-10-14-22(24)18(7)8/h9-18,29H,1-8H3/p-1. The van der Waals surface area contributed by atoms with Gasteiger partial charge in [0.05, 0.1) is 11.4 Å². The monoisotopic (exact) mass is 421 g/mol. The summed E-state index contributed by atoms with van der Waals surface area (Å²) in [7, 11) is 0.679. The summed E-state index contributed by atoms with van der Waals surface area (Å²) in [5.41, 5.74) is 7.92. The Morgan fingerprint density at radius 2 is 1.10 bits per heavy atom. The van der Waals surface area contributed by atoms with Gasteiger partial charge in [0.25, 0.3) is 0 Å². The van der Waals surface area contributed by atoms with Crippen LogP contribution in [0.5, 0.6) is 0 Å². The summed E-state index contributed by atoms with van der Waals surface area (Å²) in [4.78, 5) is 6.99. The Kier molecular flexibility index (Phi) is 6.84. The normalized spacial score (nSPS) is 16.1. The van der Waals surface area contributed by atoms with Crippen molar-refractivity contribution in [1.82, 2.24) is 0 Å². The zero-order chi connectivity index (χ0) is 22.2. The molecule has 0 N–H and O–H groups in total. The molecule has 0 bridgehead atoms. The fourth-order valence-corrected chi connectivity index (χ4v) is 4.77. The van der Waals surface area contributed by atoms with Crippen molar-refractivity contribution in [2.45, 2.75) is 79.1 Å². The van der Waals surface area contributed by atoms with E-state index in [1.165, 1.54) is 22.3 Å². The van der Waals surface area contributed by atoms with Crippen LogP contribution >= 0.6 is 8.20 Å². The largest absolute Gasteiger partial charge is 0.810 e. The van der Waals surface area contributed by atoms with Crippen molar-refractivity contribution in [3.8, 4) is 0 Å². The molecule has 0 amide bonds. The lowest BCUT2D eigenvalue weighted by Crippen LogP contribution is -2.49. The summed E-state index contributed by atoms with van der Waals surface area (Å²) < 4.78 is 0. The first-order valence-corrected chi connectivity index (χ1v) is 11.9. The van der Waals surface area contributed by atoms with Crippen LogP contribution in [-0.4, -0.2) is 11.2 Å². The maximum atomic E-state index is 12.9. The molecule has 0 aromatic heterocycles. The second-order valence-corrected chi connectivity index (χ2v) is 10.3. The third-order valence-corrected chi connectivity index (χ3v) is 6.60. The van der Waals surface area contributed by atoms with E-state index in [1.807, 2.05) is 4.90 Å². The predicted octanol–water partition coefficient (Wildman–Crippen LogP) is 7.08. The van der Waals surface area contributed by atoms with Crippen molar-refractivity contribution >= 4 is 30.8 Å². The van der Waals surface area contributed by atoms with Gasteiger partial charge in [-0.25, -0.2) is 4.99 Å². The van der Waals surface area contributed by atoms with Crippen LogP contribution in [0.4, 0.5) is 11.4 Å². The highest BCUT2D eigenvalue weighted by molar-refractivity contribution is 7.64. The summed E-state index contributed by atoms with van der Waals surface area (Å²) >= 11 is 0. The minimum atomic E-state index is 0.108. The number of rotatable bonds is 6. The van der Waals surface area contributed by atoms with Crippen LogP contribution in [0.3, 0.4) is 0 Å². The van der Waals surface area contributed by atoms with E-state index in [1.54, 1.807) is 0 Å². The minimum absolute atomic E-state index is 0.108. The van der Waals surface area contributed by atoms with Gasteiger partial charge in [0.2, 0.25) is 0 Å². The summed E-state index contributed by atoms with van der Waals surface area (Å²) in [5.74, 6) is 1.41. The average molecular weight is 422 g/mol. The lowest BCUT2D eigenvalue weighted by atomic mass is 9.92. The molecule has 3 nitrogen and oxygen atoms in total. The molecular formula is C26H34N2OP-. The number of amidine groups is 1. The minimum Gasteiger partial charge on any atom is -0.810 e. The van der Waals surface area contributed by atoms with Crippen LogP contribution < -0.4 is 10.0 Å². The molecule has 2 aromatic carbocycles. The molecule has 0 saturated carbocycles. The third kappa shape index (κ3) is 4.24. The number of hydrogen-bond acceptors (Lipinski definition) is 2. The van der Waals surface area contributed by atoms with Crippen molar-refractivity contribution in [1.29, 1.82) is 0 Å². The van der Waals surface area contributed by atoms with Crippen LogP contribution in [0.25, 0.3) is 0 Å². The first-order valence-electron chi connectivity index (χ1n) is 11.0. The van der Waals surface area contributed by atoms with Crippen LogP contribution in [0.1, 0.15) is 101 Å². The second kappa shape index (κ2) is 9.04. The molecule has 0 atom stereocenters. The molecule has 2 aromatic rings. The molecule has 0 aliphatic carbocycles. The van der Waals surface area contributed by atoms with E-state index in [9.17, 15) is 5.11 Å². The Bertz CT molecular complexity index is 934. The van der Waals surface area contributed by atoms with Gasteiger partial charge in [0.1, 0.15) is 0 Å². The van der Waals surface area contributed by atoms with Gasteiger partial charge in [0.15, 0.2) is 5.58 Å². The van der Waals surface area contributed by atoms with E-state index in [-0.39, 0.29) is 5.60 Å². The SMILES string of the molecule is CC(C)c1cccc(C(C)C)c1N=C1P=C([O-])N1c1c(C(C)C)cccc1C(C)C. The van der Waals surface area contributed by atoms with E-state index >= 15 is 0 Å². The molecule has 4 heteroatoms. The van der Waals surface area contributed by atoms with Gasteiger partial charge in [-0.15, -0.1) is 0 Å². The molecule has 0 spiro atoms. The highest BCUT2D eigenvalue weighted by Crippen LogP contribution is 2.42. The zero-order valence-corrected chi connectivity index (χ0v) is 20.4. The van der Waals surface area contributed by atoms with Crippen molar-refractivity contribution in [3.05, 3.63) is 58.7 Å². The topological polar surface area (TPSA) is 38.7 Å². The number of hydrogen-bond donors (Lipinski definition) is 0. The molecule has 30 heavy (non-hydrogen) atoms. The van der Waals surface area contributed by atoms with E-state index in [2.05, 4.69) is 91.8 Å². The van der Waals surface area contributed by atoms with Gasteiger partial charge in [-0.05, 0) is 59.7 Å². The van der Waals surface area contributed by atoms with Gasteiger partial charge in [-0.3, -0.25) is 0 Å². The maximum Gasteiger partial charge on any atom is 0.164 e. The number of aliphatic imine (C=N–C) groups is 1. The molecule has 160 valence electrons. The van der Waals surface area contributed by atoms with Gasteiger partial charge < -0.3 is 10.0 Å². The van der Waals surface area contributed by atoms with Crippen LogP contribution in [-0.2, 0) is 0 Å². The summed E-state index contributed by atoms with van der Waals surface area (Å²) in [5, 5.41) is 12.9. The Balaban J connectivity index is 2.21. The molecule has 1 heterocycles. The Labute approximate surface area is 183 Å². The quantitative estimate of drug-likeness (QED) is 0.467. The van der Waals surface area contributed by atoms with E-state index in [0.717, 1.165) is 17.0 Å². The molecule has 0 saturated heterocycles. The smallest absolute Gasteiger partial charge is 0.164 e. The number of nitrogens with zero attached hydrogens (tertiary/aromatic N) is 2. The lowest BCUT2D eigenvalue weighted by molar-refractivity contribution is -0.211. The second-order valence-electron chi connectivity index (χ2n) is 9.33. The summed E-state index contributed by atoms with van der Waals surface area (Å²) in [6.07, 6.45) is 0. The molecular weight excluding hydrogens is 387 g/mol. The lowest BCUT2D eigenvalue weighted by Gasteiger charge is -2.41. The first-order chi connectivity index (χ1) is 14.1. The summed E-state index contributed by atoms with van der Waals surface area (Å²) in [6.45, 7) is 17.6. The Morgan fingerprint density at radius 3 is 1.47 bits per heavy atom. The first kappa shape index (κ1) is 22.7. The van der Waals surface area contributed by atoms with Gasteiger partial charge >= 0.3 is 0 Å². The van der Waals surface area contributed by atoms with Crippen molar-refractivity contribution in [3.63, 3.8) is 0 Å². The Hall–Kier alpha value is -1.96. The van der Waals surface area contributed by atoms with Gasteiger partial charge in [-0.1, -0.05) is 91.8 Å². The highest BCUT2D eigenvalue weighted by Gasteiger charge is 2.28. The number of para-hydroxylation sites is 2. The average Bonchev–Trinajstić information content (AvgIpc) is 2.66.